The number of hydrogen-bond acceptors (Lipinski definition) is 5. The summed E-state index contributed by atoms with van der Waals surface area (Å²) in [5.74, 6) is 0.705. The minimum Gasteiger partial charge on any atom is -0.381 e. The zero-order valence-electron chi connectivity index (χ0n) is 18.7. The number of rotatable bonds is 6. The summed E-state index contributed by atoms with van der Waals surface area (Å²) >= 11 is 7.88. The van der Waals surface area contributed by atoms with E-state index in [1.165, 1.54) is 22.5 Å². The van der Waals surface area contributed by atoms with Gasteiger partial charge in [0.2, 0.25) is 0 Å². The second kappa shape index (κ2) is 9.83. The van der Waals surface area contributed by atoms with Gasteiger partial charge >= 0.3 is 6.18 Å². The highest BCUT2D eigenvalue weighted by Crippen LogP contribution is 2.37. The minimum atomic E-state index is -4.37. The second-order valence-corrected chi connectivity index (χ2v) is 9.49. The number of nitrogens with zero attached hydrogens (tertiary/aromatic N) is 4. The number of pyridine rings is 1. The van der Waals surface area contributed by atoms with Gasteiger partial charge in [0.15, 0.2) is 5.82 Å². The smallest absolute Gasteiger partial charge is 0.381 e. The Morgan fingerprint density at radius 2 is 1.72 bits per heavy atom. The molecule has 0 aliphatic carbocycles. The number of halogens is 4. The summed E-state index contributed by atoms with van der Waals surface area (Å²) in [6.45, 7) is 0.352. The molecular weight excluding hydrogens is 507 g/mol. The van der Waals surface area contributed by atoms with Gasteiger partial charge in [-0.15, -0.1) is 11.8 Å². The number of fused-ring (bicyclic) bond motifs is 1. The van der Waals surface area contributed by atoms with Crippen molar-refractivity contribution in [1.82, 2.24) is 19.5 Å². The van der Waals surface area contributed by atoms with E-state index in [4.69, 9.17) is 22.3 Å². The highest BCUT2D eigenvalue weighted by Gasteiger charge is 2.31. The predicted molar refractivity (Wildman–Crippen MR) is 138 cm³/mol. The first-order valence-corrected chi connectivity index (χ1v) is 12.3. The molecule has 2 N–H and O–H groups in total. The Morgan fingerprint density at radius 1 is 0.944 bits per heavy atom. The molecule has 5 rings (SSSR count). The number of nitrogen functional groups attached to an aromatic ring is 1. The number of aryl methyl sites for hydroxylation is 1. The summed E-state index contributed by atoms with van der Waals surface area (Å²) in [5, 5.41) is 1.85. The minimum absolute atomic E-state index is 0.250. The van der Waals surface area contributed by atoms with E-state index < -0.39 is 11.7 Å². The topological polar surface area (TPSA) is 69.6 Å². The molecule has 36 heavy (non-hydrogen) atoms. The van der Waals surface area contributed by atoms with Gasteiger partial charge in [0, 0.05) is 47.4 Å². The third-order valence-electron chi connectivity index (χ3n) is 5.53. The summed E-state index contributed by atoms with van der Waals surface area (Å²) < 4.78 is 40.1. The van der Waals surface area contributed by atoms with Gasteiger partial charge in [-0.05, 0) is 24.3 Å². The van der Waals surface area contributed by atoms with Crippen molar-refractivity contribution in [3.8, 4) is 22.5 Å². The normalized spacial score (nSPS) is 11.8. The van der Waals surface area contributed by atoms with Crippen LogP contribution in [0.25, 0.3) is 33.4 Å². The molecule has 0 radical (unpaired) electrons. The van der Waals surface area contributed by atoms with Crippen molar-refractivity contribution in [2.45, 2.75) is 17.7 Å². The monoisotopic (exact) mass is 525 g/mol. The average Bonchev–Trinajstić information content (AvgIpc) is 3.35. The molecule has 2 aromatic carbocycles. The van der Waals surface area contributed by atoms with Crippen LogP contribution in [0, 0.1) is 0 Å². The summed E-state index contributed by atoms with van der Waals surface area (Å²) in [4.78, 5) is 13.9. The lowest BCUT2D eigenvalue weighted by Gasteiger charge is -2.14. The fourth-order valence-corrected chi connectivity index (χ4v) is 4.94. The molecule has 0 unspecified atom stereocenters. The van der Waals surface area contributed by atoms with Crippen molar-refractivity contribution in [1.29, 1.82) is 0 Å². The van der Waals surface area contributed by atoms with Crippen LogP contribution in [0.2, 0.25) is 5.02 Å². The Balaban J connectivity index is 1.50. The zero-order chi connectivity index (χ0) is 25.3. The summed E-state index contributed by atoms with van der Waals surface area (Å²) in [6.07, 6.45) is -0.186. The first-order valence-electron chi connectivity index (χ1n) is 10.9. The van der Waals surface area contributed by atoms with Crippen LogP contribution < -0.4 is 5.73 Å². The molecule has 0 saturated carbocycles. The number of hydrogen-bond donors (Lipinski definition) is 1. The molecule has 0 saturated heterocycles. The van der Waals surface area contributed by atoms with E-state index >= 15 is 0 Å². The molecule has 0 fully saturated rings. The molecule has 3 heterocycles. The van der Waals surface area contributed by atoms with E-state index in [1.54, 1.807) is 12.3 Å². The van der Waals surface area contributed by atoms with Crippen LogP contribution in [-0.2, 0) is 12.7 Å². The maximum atomic E-state index is 12.9. The van der Waals surface area contributed by atoms with Crippen molar-refractivity contribution in [3.63, 3.8) is 0 Å². The van der Waals surface area contributed by atoms with Crippen LogP contribution in [0.4, 0.5) is 19.0 Å². The van der Waals surface area contributed by atoms with Gasteiger partial charge in [-0.1, -0.05) is 48.0 Å². The van der Waals surface area contributed by atoms with Crippen molar-refractivity contribution >= 4 is 40.1 Å². The summed E-state index contributed by atoms with van der Waals surface area (Å²) in [6, 6.07) is 18.1. The van der Waals surface area contributed by atoms with Crippen LogP contribution in [0.15, 0.2) is 84.3 Å². The number of thioether (sulfide) groups is 1. The molecular formula is C26H19ClF3N5S. The van der Waals surface area contributed by atoms with Crippen LogP contribution in [0.5, 0.6) is 0 Å². The largest absolute Gasteiger partial charge is 0.417 e. The van der Waals surface area contributed by atoms with E-state index in [1.807, 2.05) is 48.5 Å². The third kappa shape index (κ3) is 5.03. The van der Waals surface area contributed by atoms with Crippen LogP contribution >= 0.6 is 23.4 Å². The molecule has 5 nitrogen and oxygen atoms in total. The lowest BCUT2D eigenvalue weighted by molar-refractivity contribution is -0.137. The first kappa shape index (κ1) is 24.1. The van der Waals surface area contributed by atoms with Crippen molar-refractivity contribution in [3.05, 3.63) is 89.8 Å². The number of alkyl halides is 3. The molecule has 182 valence electrons. The molecule has 0 bridgehead atoms. The molecule has 0 aliphatic heterocycles. The Kier molecular flexibility index (Phi) is 6.59. The van der Waals surface area contributed by atoms with Crippen LogP contribution in [-0.4, -0.2) is 25.3 Å². The van der Waals surface area contributed by atoms with Gasteiger partial charge in [-0.25, -0.2) is 9.97 Å². The second-order valence-electron chi connectivity index (χ2n) is 7.99. The Morgan fingerprint density at radius 3 is 2.47 bits per heavy atom. The number of nitrogens with two attached hydrogens (primary N) is 1. The fraction of sp³-hybridized carbons (Fsp3) is 0.115. The van der Waals surface area contributed by atoms with Gasteiger partial charge in [-0.3, -0.25) is 4.98 Å². The van der Waals surface area contributed by atoms with Crippen LogP contribution in [0.1, 0.15) is 5.56 Å². The lowest BCUT2D eigenvalue weighted by atomic mass is 10.0. The molecule has 10 heteroatoms. The number of benzene rings is 2. The van der Waals surface area contributed by atoms with Crippen LogP contribution in [0.3, 0.4) is 0 Å². The Hall–Kier alpha value is -3.56. The molecule has 0 spiro atoms. The maximum Gasteiger partial charge on any atom is 0.417 e. The van der Waals surface area contributed by atoms with Crippen molar-refractivity contribution in [2.75, 3.05) is 11.5 Å². The lowest BCUT2D eigenvalue weighted by Crippen LogP contribution is -2.05. The van der Waals surface area contributed by atoms with E-state index in [0.717, 1.165) is 28.8 Å². The van der Waals surface area contributed by atoms with Gasteiger partial charge < -0.3 is 10.3 Å². The average molecular weight is 526 g/mol. The van der Waals surface area contributed by atoms with E-state index in [0.29, 0.717) is 39.3 Å². The van der Waals surface area contributed by atoms with E-state index in [-0.39, 0.29) is 5.82 Å². The highest BCUT2D eigenvalue weighted by atomic mass is 35.5. The molecule has 3 aromatic heterocycles. The van der Waals surface area contributed by atoms with E-state index in [2.05, 4.69) is 9.97 Å². The quantitative estimate of drug-likeness (QED) is 0.237. The third-order valence-corrected chi connectivity index (χ3v) is 6.78. The van der Waals surface area contributed by atoms with Crippen molar-refractivity contribution in [2.24, 2.45) is 0 Å². The first-order chi connectivity index (χ1) is 17.3. The standard InChI is InChI=1S/C26H19ClF3N5S/c27-20-14-18(13-17-7-4-9-32-21(17)20)23-22(16-5-2-1-3-6-16)33-24(31)25(34-23)36-12-11-35-10-8-19(15-35)26(28,29)30/h1-10,13-15H,11-12H2,(H2,31,33). The summed E-state index contributed by atoms with van der Waals surface area (Å²) in [7, 11) is 0. The number of aromatic nitrogens is 4. The number of anilines is 1. The SMILES string of the molecule is Nc1nc(-c2ccccc2)c(-c2cc(Cl)c3ncccc3c2)nc1SCCn1ccc(C(F)(F)F)c1. The Labute approximate surface area is 214 Å². The Bertz CT molecular complexity index is 1540. The van der Waals surface area contributed by atoms with Crippen molar-refractivity contribution < 1.29 is 13.2 Å². The molecule has 5 aromatic rings. The van der Waals surface area contributed by atoms with Gasteiger partial charge in [0.05, 0.1) is 27.5 Å². The molecule has 0 atom stereocenters. The fourth-order valence-electron chi connectivity index (χ4n) is 3.82. The van der Waals surface area contributed by atoms with E-state index in [9.17, 15) is 13.2 Å². The molecule has 0 aliphatic rings. The predicted octanol–water partition coefficient (Wildman–Crippen LogP) is 7.21. The molecule has 0 amide bonds. The van der Waals surface area contributed by atoms with Gasteiger partial charge in [0.25, 0.3) is 0 Å². The highest BCUT2D eigenvalue weighted by molar-refractivity contribution is 7.99. The van der Waals surface area contributed by atoms with Gasteiger partial charge in [-0.2, -0.15) is 13.2 Å². The zero-order valence-corrected chi connectivity index (χ0v) is 20.3. The van der Waals surface area contributed by atoms with Gasteiger partial charge in [0.1, 0.15) is 5.03 Å². The summed E-state index contributed by atoms with van der Waals surface area (Å²) in [5.41, 5.74) is 9.11. The maximum absolute atomic E-state index is 12.9.